The average molecular weight is 472 g/mol. The fraction of sp³-hybridized carbons (Fsp3) is 0.217. The number of nitrogens with zero attached hydrogens (tertiary/aromatic N) is 3. The minimum atomic E-state index is -1.15. The van der Waals surface area contributed by atoms with Gasteiger partial charge >= 0.3 is 12.1 Å². The molecule has 0 spiro atoms. The molecule has 2 aromatic carbocycles. The molecule has 3 aromatic rings. The Morgan fingerprint density at radius 3 is 2.79 bits per heavy atom. The zero-order valence-corrected chi connectivity index (χ0v) is 18.0. The van der Waals surface area contributed by atoms with Crippen LogP contribution in [0.3, 0.4) is 0 Å². The van der Waals surface area contributed by atoms with Crippen LogP contribution in [0.4, 0.5) is 9.18 Å². The summed E-state index contributed by atoms with van der Waals surface area (Å²) >= 11 is 6.24. The van der Waals surface area contributed by atoms with Crippen molar-refractivity contribution in [3.8, 4) is 5.75 Å². The van der Waals surface area contributed by atoms with Crippen molar-refractivity contribution in [1.82, 2.24) is 14.9 Å². The monoisotopic (exact) mass is 471 g/mol. The van der Waals surface area contributed by atoms with Gasteiger partial charge in [0.05, 0.1) is 17.9 Å². The summed E-state index contributed by atoms with van der Waals surface area (Å²) in [5.41, 5.74) is 2.34. The number of fused-ring (bicyclic) bond motifs is 1. The van der Waals surface area contributed by atoms with Crippen LogP contribution < -0.4 is 4.74 Å². The number of carboxylic acid groups (broad SMARTS) is 1. The van der Waals surface area contributed by atoms with Crippen molar-refractivity contribution in [2.45, 2.75) is 19.1 Å². The Bertz CT molecular complexity index is 1180. The Morgan fingerprint density at radius 1 is 1.18 bits per heavy atom. The largest absolute Gasteiger partial charge is 0.482 e. The molecule has 0 aliphatic carbocycles. The van der Waals surface area contributed by atoms with Gasteiger partial charge < -0.3 is 14.6 Å². The van der Waals surface area contributed by atoms with Crippen LogP contribution >= 0.6 is 11.6 Å². The number of rotatable bonds is 6. The lowest BCUT2D eigenvalue weighted by atomic mass is 9.88. The highest BCUT2D eigenvalue weighted by Crippen LogP contribution is 2.41. The zero-order valence-electron chi connectivity index (χ0n) is 17.3. The maximum Gasteiger partial charge on any atom is 0.410 e. The van der Waals surface area contributed by atoms with Crippen molar-refractivity contribution in [2.24, 2.45) is 0 Å². The molecule has 0 radical (unpaired) electrons. The summed E-state index contributed by atoms with van der Waals surface area (Å²) in [5.74, 6) is -1.29. The molecule has 0 saturated heterocycles. The molecule has 10 heteroatoms. The van der Waals surface area contributed by atoms with Crippen molar-refractivity contribution in [1.29, 1.82) is 0 Å². The molecule has 1 atom stereocenters. The number of hydrogen-bond acceptors (Lipinski definition) is 6. The number of benzene rings is 2. The van der Waals surface area contributed by atoms with Crippen molar-refractivity contribution < 1.29 is 28.6 Å². The number of aromatic nitrogens is 2. The third-order valence-electron chi connectivity index (χ3n) is 5.15. The van der Waals surface area contributed by atoms with Crippen molar-refractivity contribution in [2.75, 3.05) is 13.2 Å². The summed E-state index contributed by atoms with van der Waals surface area (Å²) in [4.78, 5) is 33.7. The van der Waals surface area contributed by atoms with Gasteiger partial charge in [0.25, 0.3) is 0 Å². The Morgan fingerprint density at radius 2 is 2.03 bits per heavy atom. The predicted octanol–water partition coefficient (Wildman–Crippen LogP) is 4.02. The summed E-state index contributed by atoms with van der Waals surface area (Å²) in [6, 6.07) is 8.31. The second kappa shape index (κ2) is 9.83. The minimum Gasteiger partial charge on any atom is -0.482 e. The van der Waals surface area contributed by atoms with Gasteiger partial charge in [-0.2, -0.15) is 0 Å². The number of halogens is 2. The molecule has 8 nitrogen and oxygen atoms in total. The van der Waals surface area contributed by atoms with E-state index in [4.69, 9.17) is 26.2 Å². The molecule has 1 amide bonds. The Balaban J connectivity index is 1.72. The van der Waals surface area contributed by atoms with Crippen LogP contribution in [0.5, 0.6) is 5.75 Å². The summed E-state index contributed by atoms with van der Waals surface area (Å²) in [5, 5.41) is 9.42. The summed E-state index contributed by atoms with van der Waals surface area (Å²) in [6.45, 7) is -0.413. The number of hydrogen-bond donors (Lipinski definition) is 1. The van der Waals surface area contributed by atoms with E-state index in [2.05, 4.69) is 9.97 Å². The van der Waals surface area contributed by atoms with E-state index < -0.39 is 24.7 Å². The van der Waals surface area contributed by atoms with Gasteiger partial charge in [0.15, 0.2) is 6.61 Å². The smallest absolute Gasteiger partial charge is 0.410 e. The highest BCUT2D eigenvalue weighted by atomic mass is 35.5. The number of carboxylic acids is 1. The molecule has 1 aliphatic heterocycles. The van der Waals surface area contributed by atoms with Crippen LogP contribution in [-0.2, 0) is 22.6 Å². The maximum absolute atomic E-state index is 13.9. The second-order valence-corrected chi connectivity index (χ2v) is 7.74. The third kappa shape index (κ3) is 5.20. The summed E-state index contributed by atoms with van der Waals surface area (Å²) in [7, 11) is 0. The molecule has 0 fully saturated rings. The maximum atomic E-state index is 13.9. The molecule has 1 aromatic heterocycles. The second-order valence-electron chi connectivity index (χ2n) is 7.30. The fourth-order valence-electron chi connectivity index (χ4n) is 3.75. The molecule has 1 aliphatic rings. The molecule has 1 N–H and O–H groups in total. The zero-order chi connectivity index (χ0) is 23.4. The van der Waals surface area contributed by atoms with E-state index in [1.165, 1.54) is 35.6 Å². The van der Waals surface area contributed by atoms with Gasteiger partial charge in [0.2, 0.25) is 0 Å². The van der Waals surface area contributed by atoms with Crippen LogP contribution in [0.2, 0.25) is 5.02 Å². The lowest BCUT2D eigenvalue weighted by molar-refractivity contribution is -0.139. The van der Waals surface area contributed by atoms with E-state index in [1.54, 1.807) is 24.3 Å². The van der Waals surface area contributed by atoms with Crippen molar-refractivity contribution in [3.63, 3.8) is 0 Å². The standard InChI is InChI=1S/C23H19ClFN3O5/c24-15-1-4-20(32-13-21(29)30)19(10-15)22-18-3-2-16(25)9-14(18)5-8-28(22)23(31)33-12-17-11-26-6-7-27-17/h1-4,6-7,9-11,22H,5,8,12-13H2,(H,29,30)/t22-/m0/s1. The van der Waals surface area contributed by atoms with E-state index in [-0.39, 0.29) is 24.7 Å². The topological polar surface area (TPSA) is 102 Å². The molecular weight excluding hydrogens is 453 g/mol. The first-order valence-electron chi connectivity index (χ1n) is 10.0. The molecule has 0 saturated carbocycles. The van der Waals surface area contributed by atoms with Gasteiger partial charge in [-0.15, -0.1) is 0 Å². The van der Waals surface area contributed by atoms with E-state index in [0.29, 0.717) is 28.3 Å². The first-order valence-corrected chi connectivity index (χ1v) is 10.4. The van der Waals surface area contributed by atoms with Crippen LogP contribution in [0, 0.1) is 5.82 Å². The number of aliphatic carboxylic acids is 1. The van der Waals surface area contributed by atoms with Crippen molar-refractivity contribution >= 4 is 23.7 Å². The lowest BCUT2D eigenvalue weighted by Gasteiger charge is -2.37. The van der Waals surface area contributed by atoms with Crippen molar-refractivity contribution in [3.05, 3.63) is 88.2 Å². The highest BCUT2D eigenvalue weighted by molar-refractivity contribution is 6.30. The van der Waals surface area contributed by atoms with Gasteiger partial charge in [-0.25, -0.2) is 14.0 Å². The van der Waals surface area contributed by atoms with E-state index in [0.717, 1.165) is 5.56 Å². The first-order chi connectivity index (χ1) is 15.9. The highest BCUT2D eigenvalue weighted by Gasteiger charge is 2.35. The SMILES string of the molecule is O=C(O)COc1ccc(Cl)cc1[C@@H]1c2ccc(F)cc2CCN1C(=O)OCc1cnccn1. The fourth-order valence-corrected chi connectivity index (χ4v) is 3.94. The molecular formula is C23H19ClFN3O5. The van der Waals surface area contributed by atoms with Crippen LogP contribution in [0.15, 0.2) is 55.0 Å². The van der Waals surface area contributed by atoms with Crippen LogP contribution in [0.25, 0.3) is 0 Å². The Labute approximate surface area is 193 Å². The third-order valence-corrected chi connectivity index (χ3v) is 5.38. The van der Waals surface area contributed by atoms with Crippen LogP contribution in [0.1, 0.15) is 28.4 Å². The Hall–Kier alpha value is -3.72. The van der Waals surface area contributed by atoms with Gasteiger partial charge in [-0.1, -0.05) is 17.7 Å². The molecule has 4 rings (SSSR count). The molecule has 170 valence electrons. The number of amides is 1. The average Bonchev–Trinajstić information content (AvgIpc) is 2.81. The predicted molar refractivity (Wildman–Crippen MR) is 115 cm³/mol. The minimum absolute atomic E-state index is 0.0793. The Kier molecular flexibility index (Phi) is 6.69. The van der Waals surface area contributed by atoms with Gasteiger partial charge in [-0.3, -0.25) is 14.9 Å². The quantitative estimate of drug-likeness (QED) is 0.579. The first kappa shape index (κ1) is 22.5. The lowest BCUT2D eigenvalue weighted by Crippen LogP contribution is -2.41. The van der Waals surface area contributed by atoms with E-state index in [1.807, 2.05) is 0 Å². The van der Waals surface area contributed by atoms with Crippen LogP contribution in [-0.4, -0.2) is 45.2 Å². The summed E-state index contributed by atoms with van der Waals surface area (Å²) in [6.07, 6.45) is 4.30. The molecule has 33 heavy (non-hydrogen) atoms. The number of carbonyl (C=O) groups is 2. The number of carbonyl (C=O) groups excluding carboxylic acids is 1. The van der Waals surface area contributed by atoms with E-state index >= 15 is 0 Å². The van der Waals surface area contributed by atoms with Gasteiger partial charge in [-0.05, 0) is 47.9 Å². The van der Waals surface area contributed by atoms with E-state index in [9.17, 15) is 14.0 Å². The van der Waals surface area contributed by atoms with Gasteiger partial charge in [0.1, 0.15) is 18.2 Å². The number of ether oxygens (including phenoxy) is 2. The molecule has 2 heterocycles. The molecule has 0 unspecified atom stereocenters. The molecule has 0 bridgehead atoms. The summed E-state index contributed by atoms with van der Waals surface area (Å²) < 4.78 is 24.9. The normalized spacial score (nSPS) is 15.0. The van der Waals surface area contributed by atoms with Gasteiger partial charge in [0, 0.05) is 29.5 Å².